The summed E-state index contributed by atoms with van der Waals surface area (Å²) in [5.74, 6) is 1.67. The molecular weight excluding hydrogens is 360 g/mol. The second-order valence-corrected chi connectivity index (χ2v) is 7.44. The predicted molar refractivity (Wildman–Crippen MR) is 122 cm³/mol. The van der Waals surface area contributed by atoms with Crippen LogP contribution in [0.1, 0.15) is 48.2 Å². The standard InChI is InChI=1S/C24H34N4O/c1-5-26-24(28-17-22(18(2)3)20-11-7-6-8-12-20)27-15-14-19-10-9-13-21(16-19)23(29)25-4/h6-13,16,18,22H,5,14-15,17H2,1-4H3,(H,25,29)(H2,26,27,28). The van der Waals surface area contributed by atoms with Gasteiger partial charge in [-0.25, -0.2) is 0 Å². The molecule has 1 atom stereocenters. The van der Waals surface area contributed by atoms with Gasteiger partial charge < -0.3 is 16.0 Å². The minimum atomic E-state index is -0.0599. The van der Waals surface area contributed by atoms with Gasteiger partial charge in [0.1, 0.15) is 0 Å². The van der Waals surface area contributed by atoms with Crippen LogP contribution < -0.4 is 16.0 Å². The molecule has 0 aromatic heterocycles. The molecule has 0 aliphatic carbocycles. The van der Waals surface area contributed by atoms with Crippen LogP contribution in [0.4, 0.5) is 0 Å². The summed E-state index contributed by atoms with van der Waals surface area (Å²) in [6, 6.07) is 18.3. The van der Waals surface area contributed by atoms with Gasteiger partial charge in [-0.05, 0) is 42.5 Å². The topological polar surface area (TPSA) is 65.5 Å². The molecular formula is C24H34N4O. The van der Waals surface area contributed by atoms with Crippen molar-refractivity contribution in [2.45, 2.75) is 33.1 Å². The predicted octanol–water partition coefficient (Wildman–Crippen LogP) is 3.58. The minimum Gasteiger partial charge on any atom is -0.357 e. The van der Waals surface area contributed by atoms with E-state index in [1.165, 1.54) is 5.56 Å². The lowest BCUT2D eigenvalue weighted by atomic mass is 9.88. The lowest BCUT2D eigenvalue weighted by Crippen LogP contribution is -2.38. The number of aliphatic imine (C=N–C) groups is 1. The zero-order valence-corrected chi connectivity index (χ0v) is 18.0. The monoisotopic (exact) mass is 394 g/mol. The van der Waals surface area contributed by atoms with Crippen LogP contribution in [-0.2, 0) is 6.42 Å². The molecule has 5 heteroatoms. The van der Waals surface area contributed by atoms with Crippen LogP contribution in [0.3, 0.4) is 0 Å². The van der Waals surface area contributed by atoms with Gasteiger partial charge in [-0.2, -0.15) is 0 Å². The fourth-order valence-corrected chi connectivity index (χ4v) is 3.27. The molecule has 0 bridgehead atoms. The Balaban J connectivity index is 1.97. The summed E-state index contributed by atoms with van der Waals surface area (Å²) >= 11 is 0. The summed E-state index contributed by atoms with van der Waals surface area (Å²) in [4.78, 5) is 16.6. The average Bonchev–Trinajstić information content (AvgIpc) is 2.74. The van der Waals surface area contributed by atoms with Gasteiger partial charge in [0.2, 0.25) is 0 Å². The van der Waals surface area contributed by atoms with E-state index in [1.807, 2.05) is 24.3 Å². The maximum atomic E-state index is 11.8. The lowest BCUT2D eigenvalue weighted by molar-refractivity contribution is 0.0963. The number of carbonyl (C=O) groups excluding carboxylic acids is 1. The molecule has 0 aliphatic heterocycles. The Morgan fingerprint density at radius 3 is 2.45 bits per heavy atom. The molecule has 156 valence electrons. The van der Waals surface area contributed by atoms with E-state index in [2.05, 4.69) is 67.1 Å². The number of benzene rings is 2. The largest absolute Gasteiger partial charge is 0.357 e. The van der Waals surface area contributed by atoms with Crippen LogP contribution in [0.25, 0.3) is 0 Å². The van der Waals surface area contributed by atoms with E-state index in [-0.39, 0.29) is 5.91 Å². The molecule has 1 amide bonds. The Hall–Kier alpha value is -2.82. The number of nitrogens with one attached hydrogen (secondary N) is 3. The first-order valence-corrected chi connectivity index (χ1v) is 10.4. The van der Waals surface area contributed by atoms with Gasteiger partial charge >= 0.3 is 0 Å². The highest BCUT2D eigenvalue weighted by molar-refractivity contribution is 5.94. The van der Waals surface area contributed by atoms with Crippen molar-refractivity contribution in [2.24, 2.45) is 10.9 Å². The molecule has 5 nitrogen and oxygen atoms in total. The van der Waals surface area contributed by atoms with E-state index in [1.54, 1.807) is 7.05 Å². The molecule has 2 aromatic rings. The van der Waals surface area contributed by atoms with E-state index in [0.717, 1.165) is 37.6 Å². The fraction of sp³-hybridized carbons (Fsp3) is 0.417. The Labute approximate surface area is 175 Å². The Morgan fingerprint density at radius 2 is 1.79 bits per heavy atom. The number of hydrogen-bond acceptors (Lipinski definition) is 2. The number of rotatable bonds is 9. The molecule has 0 radical (unpaired) electrons. The van der Waals surface area contributed by atoms with Crippen LogP contribution in [0.5, 0.6) is 0 Å². The second-order valence-electron chi connectivity index (χ2n) is 7.44. The summed E-state index contributed by atoms with van der Waals surface area (Å²) in [5, 5.41) is 9.41. The maximum Gasteiger partial charge on any atom is 0.251 e. The molecule has 0 aliphatic rings. The van der Waals surface area contributed by atoms with E-state index in [4.69, 9.17) is 4.99 Å². The van der Waals surface area contributed by atoms with Gasteiger partial charge in [0, 0.05) is 38.2 Å². The Kier molecular flexibility index (Phi) is 9.22. The third-order valence-electron chi connectivity index (χ3n) is 4.95. The number of hydrogen-bond donors (Lipinski definition) is 3. The van der Waals surface area contributed by atoms with Crippen molar-refractivity contribution in [3.63, 3.8) is 0 Å². The molecule has 2 rings (SSSR count). The van der Waals surface area contributed by atoms with Crippen molar-refractivity contribution >= 4 is 11.9 Å². The first-order valence-electron chi connectivity index (χ1n) is 10.4. The van der Waals surface area contributed by atoms with Crippen molar-refractivity contribution < 1.29 is 4.79 Å². The van der Waals surface area contributed by atoms with Gasteiger partial charge in [0.05, 0.1) is 0 Å². The third-order valence-corrected chi connectivity index (χ3v) is 4.95. The molecule has 29 heavy (non-hydrogen) atoms. The first kappa shape index (κ1) is 22.5. The molecule has 0 spiro atoms. The van der Waals surface area contributed by atoms with E-state index < -0.39 is 0 Å². The van der Waals surface area contributed by atoms with E-state index >= 15 is 0 Å². The van der Waals surface area contributed by atoms with Crippen molar-refractivity contribution in [1.82, 2.24) is 16.0 Å². The molecule has 0 saturated carbocycles. The summed E-state index contributed by atoms with van der Waals surface area (Å²) in [7, 11) is 1.65. The molecule has 0 saturated heterocycles. The molecule has 2 aromatic carbocycles. The summed E-state index contributed by atoms with van der Waals surface area (Å²) in [6.07, 6.45) is 0.821. The first-order chi connectivity index (χ1) is 14.0. The van der Waals surface area contributed by atoms with E-state index in [0.29, 0.717) is 17.4 Å². The van der Waals surface area contributed by atoms with Crippen molar-refractivity contribution in [2.75, 3.05) is 26.7 Å². The summed E-state index contributed by atoms with van der Waals surface area (Å²) < 4.78 is 0. The summed E-state index contributed by atoms with van der Waals surface area (Å²) in [5.41, 5.74) is 3.14. The Morgan fingerprint density at radius 1 is 1.03 bits per heavy atom. The lowest BCUT2D eigenvalue weighted by Gasteiger charge is -2.20. The van der Waals surface area contributed by atoms with Crippen LogP contribution in [0, 0.1) is 5.92 Å². The summed E-state index contributed by atoms with van der Waals surface area (Å²) in [6.45, 7) is 8.86. The number of amides is 1. The maximum absolute atomic E-state index is 11.8. The minimum absolute atomic E-state index is 0.0599. The zero-order valence-electron chi connectivity index (χ0n) is 18.0. The van der Waals surface area contributed by atoms with Gasteiger partial charge in [0.25, 0.3) is 5.91 Å². The molecule has 0 fully saturated rings. The SMILES string of the molecule is CCNC(=NCC(c1ccccc1)C(C)C)NCCc1cccc(C(=O)NC)c1. The van der Waals surface area contributed by atoms with Gasteiger partial charge in [-0.3, -0.25) is 9.79 Å². The molecule has 1 unspecified atom stereocenters. The smallest absolute Gasteiger partial charge is 0.251 e. The van der Waals surface area contributed by atoms with Crippen molar-refractivity contribution in [1.29, 1.82) is 0 Å². The van der Waals surface area contributed by atoms with Crippen molar-refractivity contribution in [3.05, 3.63) is 71.3 Å². The van der Waals surface area contributed by atoms with Gasteiger partial charge in [0.15, 0.2) is 5.96 Å². The number of nitrogens with zero attached hydrogens (tertiary/aromatic N) is 1. The second kappa shape index (κ2) is 11.9. The zero-order chi connectivity index (χ0) is 21.1. The van der Waals surface area contributed by atoms with Crippen LogP contribution in [0.2, 0.25) is 0 Å². The normalized spacial score (nSPS) is 12.5. The molecule has 0 heterocycles. The quantitative estimate of drug-likeness (QED) is 0.450. The Bertz CT molecular complexity index is 786. The highest BCUT2D eigenvalue weighted by Gasteiger charge is 2.15. The highest BCUT2D eigenvalue weighted by Crippen LogP contribution is 2.24. The van der Waals surface area contributed by atoms with E-state index in [9.17, 15) is 4.79 Å². The number of carbonyl (C=O) groups is 1. The van der Waals surface area contributed by atoms with Crippen LogP contribution in [-0.4, -0.2) is 38.5 Å². The highest BCUT2D eigenvalue weighted by atomic mass is 16.1. The van der Waals surface area contributed by atoms with Crippen molar-refractivity contribution in [3.8, 4) is 0 Å². The average molecular weight is 395 g/mol. The molecule has 3 N–H and O–H groups in total. The number of guanidine groups is 1. The van der Waals surface area contributed by atoms with Crippen LogP contribution in [0.15, 0.2) is 59.6 Å². The fourth-order valence-electron chi connectivity index (χ4n) is 3.27. The van der Waals surface area contributed by atoms with Gasteiger partial charge in [-0.15, -0.1) is 0 Å². The van der Waals surface area contributed by atoms with Crippen LogP contribution >= 0.6 is 0 Å². The van der Waals surface area contributed by atoms with Gasteiger partial charge in [-0.1, -0.05) is 56.3 Å². The third kappa shape index (κ3) is 7.26.